The van der Waals surface area contributed by atoms with E-state index in [1.807, 2.05) is 12.1 Å². The molecule has 0 spiro atoms. The highest BCUT2D eigenvalue weighted by molar-refractivity contribution is 5.91. The predicted molar refractivity (Wildman–Crippen MR) is 97.2 cm³/mol. The number of amides is 1. The Bertz CT molecular complexity index is 476. The first kappa shape index (κ1) is 17.8. The predicted octanol–water partition coefficient (Wildman–Crippen LogP) is 2.11. The van der Waals surface area contributed by atoms with Crippen LogP contribution in [0.15, 0.2) is 24.3 Å². The lowest BCUT2D eigenvalue weighted by atomic mass is 10.2. The van der Waals surface area contributed by atoms with E-state index in [4.69, 9.17) is 0 Å². The van der Waals surface area contributed by atoms with E-state index >= 15 is 0 Å². The van der Waals surface area contributed by atoms with Crippen molar-refractivity contribution in [3.8, 4) is 0 Å². The number of benzene rings is 1. The van der Waals surface area contributed by atoms with Crippen LogP contribution < -0.4 is 10.2 Å². The smallest absolute Gasteiger partial charge is 0.225 e. The monoisotopic (exact) mass is 318 g/mol. The van der Waals surface area contributed by atoms with E-state index in [1.165, 1.54) is 5.69 Å². The Hall–Kier alpha value is -1.59. The number of likely N-dealkylation sites (N-methyl/N-ethyl adjacent to an activating group) is 1. The van der Waals surface area contributed by atoms with Gasteiger partial charge in [-0.2, -0.15) is 0 Å². The van der Waals surface area contributed by atoms with Gasteiger partial charge in [0.2, 0.25) is 5.91 Å². The third-order valence-electron chi connectivity index (χ3n) is 4.53. The van der Waals surface area contributed by atoms with Crippen LogP contribution >= 0.6 is 0 Å². The SMILES string of the molecule is CCN(CC)c1ccc(NC(=O)CCN2CCN(C)CC2)cc1. The van der Waals surface area contributed by atoms with Crippen LogP contribution in [0.3, 0.4) is 0 Å². The Morgan fingerprint density at radius 3 is 2.26 bits per heavy atom. The highest BCUT2D eigenvalue weighted by Crippen LogP contribution is 2.17. The second kappa shape index (κ2) is 8.89. The van der Waals surface area contributed by atoms with Gasteiger partial charge in [0.05, 0.1) is 0 Å². The lowest BCUT2D eigenvalue weighted by Crippen LogP contribution is -2.45. The van der Waals surface area contributed by atoms with E-state index < -0.39 is 0 Å². The molecule has 0 aromatic heterocycles. The molecule has 0 radical (unpaired) electrons. The summed E-state index contributed by atoms with van der Waals surface area (Å²) in [4.78, 5) is 19.1. The van der Waals surface area contributed by atoms with Crippen LogP contribution in [0.25, 0.3) is 0 Å². The number of nitrogens with zero attached hydrogens (tertiary/aromatic N) is 3. The van der Waals surface area contributed by atoms with Crippen molar-refractivity contribution < 1.29 is 4.79 Å². The van der Waals surface area contributed by atoms with Gasteiger partial charge in [0.1, 0.15) is 0 Å². The molecule has 0 saturated carbocycles. The number of hydrogen-bond donors (Lipinski definition) is 1. The van der Waals surface area contributed by atoms with Crippen molar-refractivity contribution in [1.82, 2.24) is 9.80 Å². The number of carbonyl (C=O) groups excluding carboxylic acids is 1. The number of carbonyl (C=O) groups is 1. The van der Waals surface area contributed by atoms with Crippen molar-refractivity contribution in [2.24, 2.45) is 0 Å². The maximum Gasteiger partial charge on any atom is 0.225 e. The molecule has 1 saturated heterocycles. The molecule has 128 valence electrons. The molecule has 2 rings (SSSR count). The first-order chi connectivity index (χ1) is 11.1. The molecular formula is C18H30N4O. The highest BCUT2D eigenvalue weighted by atomic mass is 16.1. The molecule has 1 heterocycles. The Morgan fingerprint density at radius 2 is 1.70 bits per heavy atom. The van der Waals surface area contributed by atoms with E-state index in [1.54, 1.807) is 0 Å². The minimum atomic E-state index is 0.0968. The van der Waals surface area contributed by atoms with Crippen molar-refractivity contribution >= 4 is 17.3 Å². The zero-order chi connectivity index (χ0) is 16.7. The van der Waals surface area contributed by atoms with Gasteiger partial charge in [-0.1, -0.05) is 0 Å². The molecule has 1 amide bonds. The van der Waals surface area contributed by atoms with Gasteiger partial charge >= 0.3 is 0 Å². The molecule has 0 bridgehead atoms. The topological polar surface area (TPSA) is 38.8 Å². The summed E-state index contributed by atoms with van der Waals surface area (Å²) >= 11 is 0. The summed E-state index contributed by atoms with van der Waals surface area (Å²) in [5, 5.41) is 3.00. The van der Waals surface area contributed by atoms with Gasteiger partial charge < -0.3 is 20.0 Å². The summed E-state index contributed by atoms with van der Waals surface area (Å²) in [6.45, 7) is 11.4. The van der Waals surface area contributed by atoms with Gasteiger partial charge in [-0.15, -0.1) is 0 Å². The molecule has 1 aromatic carbocycles. The minimum Gasteiger partial charge on any atom is -0.372 e. The summed E-state index contributed by atoms with van der Waals surface area (Å²) in [5.41, 5.74) is 2.08. The van der Waals surface area contributed by atoms with E-state index in [0.717, 1.165) is 51.5 Å². The zero-order valence-electron chi connectivity index (χ0n) is 14.7. The molecule has 1 fully saturated rings. The van der Waals surface area contributed by atoms with Crippen LogP contribution in [0.2, 0.25) is 0 Å². The fourth-order valence-corrected chi connectivity index (χ4v) is 2.90. The average molecular weight is 318 g/mol. The van der Waals surface area contributed by atoms with Crippen LogP contribution in [0.4, 0.5) is 11.4 Å². The zero-order valence-corrected chi connectivity index (χ0v) is 14.7. The summed E-state index contributed by atoms with van der Waals surface area (Å²) < 4.78 is 0. The van der Waals surface area contributed by atoms with E-state index in [-0.39, 0.29) is 5.91 Å². The number of piperazine rings is 1. The number of hydrogen-bond acceptors (Lipinski definition) is 4. The van der Waals surface area contributed by atoms with Gasteiger partial charge in [-0.3, -0.25) is 4.79 Å². The molecule has 1 aliphatic rings. The first-order valence-corrected chi connectivity index (χ1v) is 8.68. The van der Waals surface area contributed by atoms with Crippen LogP contribution in [0, 0.1) is 0 Å². The maximum atomic E-state index is 12.1. The largest absolute Gasteiger partial charge is 0.372 e. The first-order valence-electron chi connectivity index (χ1n) is 8.68. The normalized spacial score (nSPS) is 16.3. The standard InChI is InChI=1S/C18H30N4O/c1-4-22(5-2)17-8-6-16(7-9-17)19-18(23)10-11-21-14-12-20(3)13-15-21/h6-9H,4-5,10-15H2,1-3H3,(H,19,23). The molecule has 23 heavy (non-hydrogen) atoms. The molecule has 1 aromatic rings. The maximum absolute atomic E-state index is 12.1. The molecule has 5 nitrogen and oxygen atoms in total. The van der Waals surface area contributed by atoms with Crippen LogP contribution in [0.5, 0.6) is 0 Å². The number of rotatable bonds is 7. The third-order valence-corrected chi connectivity index (χ3v) is 4.53. The van der Waals surface area contributed by atoms with Crippen LogP contribution in [-0.4, -0.2) is 68.6 Å². The molecule has 0 unspecified atom stereocenters. The molecule has 1 N–H and O–H groups in total. The highest BCUT2D eigenvalue weighted by Gasteiger charge is 2.14. The van der Waals surface area contributed by atoms with Crippen molar-refractivity contribution in [2.75, 3.05) is 63.1 Å². The van der Waals surface area contributed by atoms with Gasteiger partial charge in [-0.25, -0.2) is 0 Å². The van der Waals surface area contributed by atoms with Crippen molar-refractivity contribution in [3.63, 3.8) is 0 Å². The lowest BCUT2D eigenvalue weighted by Gasteiger charge is -2.32. The Balaban J connectivity index is 1.76. The Labute approximate surface area is 140 Å². The Kier molecular flexibility index (Phi) is 6.86. The van der Waals surface area contributed by atoms with Gasteiger partial charge in [0.25, 0.3) is 0 Å². The van der Waals surface area contributed by atoms with Gasteiger partial charge in [0, 0.05) is 63.6 Å². The van der Waals surface area contributed by atoms with Crippen LogP contribution in [-0.2, 0) is 4.79 Å². The summed E-state index contributed by atoms with van der Waals surface area (Å²) in [6.07, 6.45) is 0.557. The van der Waals surface area contributed by atoms with E-state index in [9.17, 15) is 4.79 Å². The fourth-order valence-electron chi connectivity index (χ4n) is 2.90. The Morgan fingerprint density at radius 1 is 1.09 bits per heavy atom. The number of nitrogens with one attached hydrogen (secondary N) is 1. The van der Waals surface area contributed by atoms with E-state index in [2.05, 4.69) is 53.0 Å². The van der Waals surface area contributed by atoms with Crippen molar-refractivity contribution in [3.05, 3.63) is 24.3 Å². The fraction of sp³-hybridized carbons (Fsp3) is 0.611. The second-order valence-electron chi connectivity index (χ2n) is 6.16. The van der Waals surface area contributed by atoms with Gasteiger partial charge in [0.15, 0.2) is 0 Å². The number of anilines is 2. The second-order valence-corrected chi connectivity index (χ2v) is 6.16. The van der Waals surface area contributed by atoms with Crippen LogP contribution in [0.1, 0.15) is 20.3 Å². The average Bonchev–Trinajstić information content (AvgIpc) is 2.57. The van der Waals surface area contributed by atoms with Crippen molar-refractivity contribution in [2.45, 2.75) is 20.3 Å². The molecule has 0 aliphatic carbocycles. The lowest BCUT2D eigenvalue weighted by molar-refractivity contribution is -0.116. The van der Waals surface area contributed by atoms with Crippen molar-refractivity contribution in [1.29, 1.82) is 0 Å². The quantitative estimate of drug-likeness (QED) is 0.836. The molecule has 1 aliphatic heterocycles. The minimum absolute atomic E-state index is 0.0968. The summed E-state index contributed by atoms with van der Waals surface area (Å²) in [7, 11) is 2.14. The molecule has 0 atom stereocenters. The van der Waals surface area contributed by atoms with Gasteiger partial charge in [-0.05, 0) is 45.2 Å². The summed E-state index contributed by atoms with van der Waals surface area (Å²) in [5.74, 6) is 0.0968. The summed E-state index contributed by atoms with van der Waals surface area (Å²) in [6, 6.07) is 8.12. The third kappa shape index (κ3) is 5.52. The van der Waals surface area contributed by atoms with E-state index in [0.29, 0.717) is 6.42 Å². The molecule has 5 heteroatoms. The molecular weight excluding hydrogens is 288 g/mol.